The summed E-state index contributed by atoms with van der Waals surface area (Å²) in [5.74, 6) is 0.343. The van der Waals surface area contributed by atoms with Gasteiger partial charge in [0, 0.05) is 12.8 Å². The molecule has 48 valence electrons. The van der Waals surface area contributed by atoms with Crippen molar-refractivity contribution >= 4 is 5.78 Å². The molecule has 0 radical (unpaired) electrons. The summed E-state index contributed by atoms with van der Waals surface area (Å²) in [6, 6.07) is 0. The lowest BCUT2D eigenvalue weighted by Crippen LogP contribution is -1.94. The molecular weight excluding hydrogens is 112 g/mol. The van der Waals surface area contributed by atoms with Crippen molar-refractivity contribution in [3.05, 3.63) is 24.3 Å². The minimum Gasteiger partial charge on any atom is -0.299 e. The second kappa shape index (κ2) is 3.23. The van der Waals surface area contributed by atoms with Crippen LogP contribution in [0.3, 0.4) is 0 Å². The quantitative estimate of drug-likeness (QED) is 0.479. The number of carbonyl (C=O) groups is 1. The highest BCUT2D eigenvalue weighted by atomic mass is 16.1. The van der Waals surface area contributed by atoms with E-state index in [0.29, 0.717) is 18.6 Å². The Morgan fingerprint density at radius 3 is 2.89 bits per heavy atom. The van der Waals surface area contributed by atoms with Gasteiger partial charge < -0.3 is 0 Å². The summed E-state index contributed by atoms with van der Waals surface area (Å²) in [4.78, 5) is 10.8. The molecule has 0 amide bonds. The highest BCUT2D eigenvalue weighted by Gasteiger charge is 1.96. The minimum absolute atomic E-state index is 0.343. The van der Waals surface area contributed by atoms with Gasteiger partial charge in [0.05, 0.1) is 0 Å². The van der Waals surface area contributed by atoms with Crippen molar-refractivity contribution in [3.63, 3.8) is 0 Å². The van der Waals surface area contributed by atoms with E-state index in [-0.39, 0.29) is 0 Å². The van der Waals surface area contributed by atoms with Crippen LogP contribution in [-0.4, -0.2) is 5.78 Å². The van der Waals surface area contributed by atoms with Crippen LogP contribution in [-0.2, 0) is 4.79 Å². The molecule has 0 aromatic heterocycles. The van der Waals surface area contributed by atoms with Gasteiger partial charge >= 0.3 is 0 Å². The summed E-state index contributed by atoms with van der Waals surface area (Å²) < 4.78 is 0. The third-order valence-corrected chi connectivity index (χ3v) is 1.32. The fraction of sp³-hybridized carbons (Fsp3) is 0.375. The van der Waals surface area contributed by atoms with Gasteiger partial charge in [0.2, 0.25) is 0 Å². The summed E-state index contributed by atoms with van der Waals surface area (Å²) >= 11 is 0. The highest BCUT2D eigenvalue weighted by Crippen LogP contribution is 2.00. The summed E-state index contributed by atoms with van der Waals surface area (Å²) in [5.41, 5.74) is 0. The molecule has 0 aliphatic heterocycles. The molecule has 0 spiro atoms. The molecule has 9 heavy (non-hydrogen) atoms. The van der Waals surface area contributed by atoms with Gasteiger partial charge in [0.15, 0.2) is 0 Å². The molecule has 0 heterocycles. The Bertz CT molecular complexity index is 154. The SMILES string of the molecule is O=C1CC=CC=CCC1. The molecule has 1 aliphatic rings. The predicted molar refractivity (Wildman–Crippen MR) is 37.1 cm³/mol. The van der Waals surface area contributed by atoms with Crippen LogP contribution in [0.5, 0.6) is 0 Å². The normalized spacial score (nSPS) is 19.3. The molecule has 0 aromatic rings. The van der Waals surface area contributed by atoms with E-state index in [1.807, 2.05) is 24.3 Å². The van der Waals surface area contributed by atoms with Gasteiger partial charge in [-0.15, -0.1) is 0 Å². The summed E-state index contributed by atoms with van der Waals surface area (Å²) in [6.07, 6.45) is 10.1. The first-order chi connectivity index (χ1) is 4.39. The second-order valence-electron chi connectivity index (χ2n) is 2.14. The van der Waals surface area contributed by atoms with Gasteiger partial charge in [-0.25, -0.2) is 0 Å². The van der Waals surface area contributed by atoms with E-state index in [0.717, 1.165) is 6.42 Å². The number of carbonyl (C=O) groups excluding carboxylic acids is 1. The molecule has 0 bridgehead atoms. The first-order valence-electron chi connectivity index (χ1n) is 3.23. The first kappa shape index (κ1) is 6.27. The van der Waals surface area contributed by atoms with Crippen LogP contribution >= 0.6 is 0 Å². The molecule has 1 aliphatic carbocycles. The van der Waals surface area contributed by atoms with Crippen LogP contribution in [0.2, 0.25) is 0 Å². The zero-order chi connectivity index (χ0) is 6.53. The van der Waals surface area contributed by atoms with Gasteiger partial charge in [0.1, 0.15) is 5.78 Å². The standard InChI is InChI=1S/C8H10O/c9-8-6-4-2-1-3-5-7-8/h1-4H,5-7H2. The van der Waals surface area contributed by atoms with E-state index in [4.69, 9.17) is 0 Å². The number of rotatable bonds is 0. The average Bonchev–Trinajstić information content (AvgIpc) is 1.79. The Hall–Kier alpha value is -0.850. The largest absolute Gasteiger partial charge is 0.299 e. The summed E-state index contributed by atoms with van der Waals surface area (Å²) in [6.45, 7) is 0. The van der Waals surface area contributed by atoms with Gasteiger partial charge in [0.25, 0.3) is 0 Å². The van der Waals surface area contributed by atoms with Crippen molar-refractivity contribution in [3.8, 4) is 0 Å². The number of ketones is 1. The van der Waals surface area contributed by atoms with Gasteiger partial charge in [-0.1, -0.05) is 24.3 Å². The third-order valence-electron chi connectivity index (χ3n) is 1.32. The van der Waals surface area contributed by atoms with Crippen LogP contribution in [0.15, 0.2) is 24.3 Å². The molecule has 0 aromatic carbocycles. The molecule has 1 nitrogen and oxygen atoms in total. The summed E-state index contributed by atoms with van der Waals surface area (Å²) in [5, 5.41) is 0. The number of allylic oxidation sites excluding steroid dienone is 4. The number of Topliss-reactive ketones (excluding diaryl/α,β-unsaturated/α-hetero) is 1. The van der Waals surface area contributed by atoms with Crippen molar-refractivity contribution in [1.29, 1.82) is 0 Å². The van der Waals surface area contributed by atoms with Crippen molar-refractivity contribution in [2.75, 3.05) is 0 Å². The lowest BCUT2D eigenvalue weighted by atomic mass is 10.1. The Kier molecular flexibility index (Phi) is 2.25. The molecule has 0 unspecified atom stereocenters. The third kappa shape index (κ3) is 2.27. The highest BCUT2D eigenvalue weighted by molar-refractivity contribution is 5.80. The maximum atomic E-state index is 10.8. The maximum Gasteiger partial charge on any atom is 0.136 e. The van der Waals surface area contributed by atoms with Crippen LogP contribution in [0.25, 0.3) is 0 Å². The van der Waals surface area contributed by atoms with Crippen molar-refractivity contribution in [2.24, 2.45) is 0 Å². The summed E-state index contributed by atoms with van der Waals surface area (Å²) in [7, 11) is 0. The smallest absolute Gasteiger partial charge is 0.136 e. The fourth-order valence-corrected chi connectivity index (χ4v) is 0.799. The van der Waals surface area contributed by atoms with E-state index >= 15 is 0 Å². The first-order valence-corrected chi connectivity index (χ1v) is 3.23. The van der Waals surface area contributed by atoms with Crippen LogP contribution < -0.4 is 0 Å². The van der Waals surface area contributed by atoms with Gasteiger partial charge in [-0.05, 0) is 6.42 Å². The lowest BCUT2D eigenvalue weighted by Gasteiger charge is -1.94. The van der Waals surface area contributed by atoms with E-state index in [1.165, 1.54) is 0 Å². The predicted octanol–water partition coefficient (Wildman–Crippen LogP) is 1.85. The van der Waals surface area contributed by atoms with Gasteiger partial charge in [-0.3, -0.25) is 4.79 Å². The van der Waals surface area contributed by atoms with Crippen LogP contribution in [0.4, 0.5) is 0 Å². The lowest BCUT2D eigenvalue weighted by molar-refractivity contribution is -0.118. The Balaban J connectivity index is 2.50. The van der Waals surface area contributed by atoms with Crippen molar-refractivity contribution in [2.45, 2.75) is 19.3 Å². The molecule has 0 saturated heterocycles. The second-order valence-corrected chi connectivity index (χ2v) is 2.14. The monoisotopic (exact) mass is 122 g/mol. The fourth-order valence-electron chi connectivity index (χ4n) is 0.799. The molecule has 0 N–H and O–H groups in total. The number of hydrogen-bond donors (Lipinski definition) is 0. The van der Waals surface area contributed by atoms with Gasteiger partial charge in [-0.2, -0.15) is 0 Å². The minimum atomic E-state index is 0.343. The van der Waals surface area contributed by atoms with E-state index in [2.05, 4.69) is 0 Å². The Morgan fingerprint density at radius 2 is 2.00 bits per heavy atom. The molecule has 1 heteroatoms. The molecule has 0 fully saturated rings. The Labute approximate surface area is 55.1 Å². The molecule has 0 saturated carbocycles. The molecule has 0 atom stereocenters. The molecule has 1 rings (SSSR count). The van der Waals surface area contributed by atoms with E-state index < -0.39 is 0 Å². The average molecular weight is 122 g/mol. The maximum absolute atomic E-state index is 10.8. The Morgan fingerprint density at radius 1 is 1.22 bits per heavy atom. The van der Waals surface area contributed by atoms with Crippen molar-refractivity contribution < 1.29 is 4.79 Å². The van der Waals surface area contributed by atoms with E-state index in [1.54, 1.807) is 0 Å². The topological polar surface area (TPSA) is 17.1 Å². The zero-order valence-electron chi connectivity index (χ0n) is 5.34. The van der Waals surface area contributed by atoms with Crippen LogP contribution in [0, 0.1) is 0 Å². The van der Waals surface area contributed by atoms with Crippen LogP contribution in [0.1, 0.15) is 19.3 Å². The number of hydrogen-bond acceptors (Lipinski definition) is 1. The van der Waals surface area contributed by atoms with Crippen molar-refractivity contribution in [1.82, 2.24) is 0 Å². The molecular formula is C8H10O. The van der Waals surface area contributed by atoms with E-state index in [9.17, 15) is 4.79 Å². The zero-order valence-corrected chi connectivity index (χ0v) is 5.34.